The number of carboxylic acid groups (broad SMARTS) is 1. The van der Waals surface area contributed by atoms with E-state index in [1.54, 1.807) is 4.90 Å². The van der Waals surface area contributed by atoms with Crippen LogP contribution in [0.2, 0.25) is 0 Å². The number of piperidine rings is 2. The summed E-state index contributed by atoms with van der Waals surface area (Å²) >= 11 is 0. The van der Waals surface area contributed by atoms with Crippen LogP contribution in [0.3, 0.4) is 0 Å². The van der Waals surface area contributed by atoms with Gasteiger partial charge in [0, 0.05) is 13.1 Å². The monoisotopic (exact) mass is 424 g/mol. The molecule has 2 aliphatic heterocycles. The molecule has 2 amide bonds. The van der Waals surface area contributed by atoms with Crippen LogP contribution in [0.15, 0.2) is 0 Å². The lowest BCUT2D eigenvalue weighted by Gasteiger charge is -2.34. The van der Waals surface area contributed by atoms with E-state index in [0.717, 1.165) is 57.0 Å². The van der Waals surface area contributed by atoms with E-state index in [-0.39, 0.29) is 12.4 Å². The van der Waals surface area contributed by atoms with Gasteiger partial charge in [0.2, 0.25) is 5.91 Å². The van der Waals surface area contributed by atoms with E-state index in [2.05, 4.69) is 25.4 Å². The van der Waals surface area contributed by atoms with Gasteiger partial charge in [-0.05, 0) is 58.0 Å². The third kappa shape index (κ3) is 6.97. The number of aryl methyl sites for hydroxylation is 1. The summed E-state index contributed by atoms with van der Waals surface area (Å²) in [5.41, 5.74) is 0. The largest absolute Gasteiger partial charge is 0.483 e. The van der Waals surface area contributed by atoms with E-state index in [9.17, 15) is 9.59 Å². The number of carbonyl (C=O) groups is 3. The van der Waals surface area contributed by atoms with Crippen molar-refractivity contribution in [1.29, 1.82) is 0 Å². The summed E-state index contributed by atoms with van der Waals surface area (Å²) in [5.74, 6) is 2.08. The van der Waals surface area contributed by atoms with Crippen molar-refractivity contribution in [3.8, 4) is 0 Å². The topological polar surface area (TPSA) is 141 Å². The third-order valence-electron chi connectivity index (χ3n) is 5.50. The van der Waals surface area contributed by atoms with Crippen molar-refractivity contribution in [3.05, 3.63) is 11.6 Å². The smallest absolute Gasteiger partial charge is 0.410 e. The van der Waals surface area contributed by atoms with Gasteiger partial charge in [0.1, 0.15) is 11.9 Å². The standard InChI is InChI=1S/C18H30N6O3.CH2O2/c1-13-20-16(22-21-13)12-23-9-6-14(7-10-23)11-19-17(25)15-5-3-4-8-24(15)18(26)27-2;2-1-3/h14-15H,3-12H2,1-2H3,(H,19,25)(H,20,21,22);1H,(H,2,3). The summed E-state index contributed by atoms with van der Waals surface area (Å²) in [4.78, 5) is 41.1. The van der Waals surface area contributed by atoms with Crippen LogP contribution >= 0.6 is 0 Å². The fourth-order valence-corrected chi connectivity index (χ4v) is 3.91. The summed E-state index contributed by atoms with van der Waals surface area (Å²) in [6.45, 7) is 5.62. The van der Waals surface area contributed by atoms with Gasteiger partial charge in [-0.3, -0.25) is 24.5 Å². The zero-order valence-electron chi connectivity index (χ0n) is 17.7. The molecule has 0 radical (unpaired) electrons. The number of nitrogens with zero attached hydrogens (tertiary/aromatic N) is 4. The normalized spacial score (nSPS) is 20.1. The van der Waals surface area contributed by atoms with Crippen LogP contribution in [0.5, 0.6) is 0 Å². The second-order valence-corrected chi connectivity index (χ2v) is 7.58. The van der Waals surface area contributed by atoms with Crippen LogP contribution in [0.25, 0.3) is 0 Å². The Morgan fingerprint density at radius 2 is 1.97 bits per heavy atom. The molecule has 1 atom stereocenters. The molecule has 1 unspecified atom stereocenters. The zero-order valence-corrected chi connectivity index (χ0v) is 17.7. The number of likely N-dealkylation sites (tertiary alicyclic amines) is 2. The van der Waals surface area contributed by atoms with Gasteiger partial charge in [0.25, 0.3) is 6.47 Å². The first-order valence-electron chi connectivity index (χ1n) is 10.3. The number of nitrogens with one attached hydrogen (secondary N) is 2. The maximum absolute atomic E-state index is 12.6. The van der Waals surface area contributed by atoms with Crippen molar-refractivity contribution in [2.45, 2.75) is 51.6 Å². The van der Waals surface area contributed by atoms with Crippen LogP contribution < -0.4 is 5.32 Å². The highest BCUT2D eigenvalue weighted by atomic mass is 16.5. The molecule has 2 saturated heterocycles. The Balaban J connectivity index is 0.00000101. The lowest BCUT2D eigenvalue weighted by Crippen LogP contribution is -2.52. The molecular formula is C19H32N6O5. The van der Waals surface area contributed by atoms with Gasteiger partial charge in [0.05, 0.1) is 13.7 Å². The molecule has 11 nitrogen and oxygen atoms in total. The maximum atomic E-state index is 12.6. The predicted octanol–water partition coefficient (Wildman–Crippen LogP) is 0.763. The van der Waals surface area contributed by atoms with E-state index in [4.69, 9.17) is 14.6 Å². The Hall–Kier alpha value is -2.69. The molecule has 0 aliphatic carbocycles. The average Bonchev–Trinajstić information content (AvgIpc) is 3.17. The molecule has 0 aromatic carbocycles. The fraction of sp³-hybridized carbons (Fsp3) is 0.737. The van der Waals surface area contributed by atoms with Gasteiger partial charge < -0.3 is 15.2 Å². The number of rotatable bonds is 5. The molecule has 0 saturated carbocycles. The lowest BCUT2D eigenvalue weighted by atomic mass is 9.96. The van der Waals surface area contributed by atoms with E-state index in [1.165, 1.54) is 7.11 Å². The van der Waals surface area contributed by atoms with Crippen LogP contribution in [-0.2, 0) is 20.9 Å². The molecule has 3 heterocycles. The second-order valence-electron chi connectivity index (χ2n) is 7.58. The van der Waals surface area contributed by atoms with Gasteiger partial charge in [-0.2, -0.15) is 5.10 Å². The first kappa shape index (κ1) is 23.6. The predicted molar refractivity (Wildman–Crippen MR) is 108 cm³/mol. The Bertz CT molecular complexity index is 689. The summed E-state index contributed by atoms with van der Waals surface area (Å²) in [5, 5.41) is 17.0. The van der Waals surface area contributed by atoms with Crippen molar-refractivity contribution >= 4 is 18.5 Å². The maximum Gasteiger partial charge on any atom is 0.410 e. The van der Waals surface area contributed by atoms with Crippen molar-refractivity contribution in [3.63, 3.8) is 0 Å². The van der Waals surface area contributed by atoms with E-state index < -0.39 is 12.1 Å². The summed E-state index contributed by atoms with van der Waals surface area (Å²) in [7, 11) is 1.36. The first-order valence-corrected chi connectivity index (χ1v) is 10.3. The van der Waals surface area contributed by atoms with Crippen molar-refractivity contribution < 1.29 is 24.2 Å². The molecule has 2 fully saturated rings. The lowest BCUT2D eigenvalue weighted by molar-refractivity contribution is -0.127. The number of amides is 2. The molecule has 1 aromatic heterocycles. The molecule has 11 heteroatoms. The average molecular weight is 425 g/mol. The van der Waals surface area contributed by atoms with Gasteiger partial charge in [-0.15, -0.1) is 0 Å². The Labute approximate surface area is 176 Å². The summed E-state index contributed by atoms with van der Waals surface area (Å²) < 4.78 is 4.82. The van der Waals surface area contributed by atoms with Gasteiger partial charge in [0.15, 0.2) is 5.82 Å². The fourth-order valence-electron chi connectivity index (χ4n) is 3.91. The Morgan fingerprint density at radius 3 is 2.57 bits per heavy atom. The molecule has 1 aromatic rings. The highest BCUT2D eigenvalue weighted by Gasteiger charge is 2.33. The van der Waals surface area contributed by atoms with Gasteiger partial charge in [-0.25, -0.2) is 9.78 Å². The molecule has 3 N–H and O–H groups in total. The Morgan fingerprint density at radius 1 is 1.27 bits per heavy atom. The zero-order chi connectivity index (χ0) is 21.9. The number of methoxy groups -OCH3 is 1. The van der Waals surface area contributed by atoms with Crippen LogP contribution in [0, 0.1) is 12.8 Å². The number of hydrogen-bond donors (Lipinski definition) is 3. The number of aromatic amines is 1. The minimum Gasteiger partial charge on any atom is -0.483 e. The second kappa shape index (κ2) is 12.1. The van der Waals surface area contributed by atoms with Crippen LogP contribution in [0.4, 0.5) is 4.79 Å². The number of ether oxygens (including phenoxy) is 1. The highest BCUT2D eigenvalue weighted by molar-refractivity contribution is 5.85. The Kier molecular flexibility index (Phi) is 9.52. The molecule has 0 bridgehead atoms. The highest BCUT2D eigenvalue weighted by Crippen LogP contribution is 2.20. The van der Waals surface area contributed by atoms with E-state index in [1.807, 2.05) is 6.92 Å². The third-order valence-corrected chi connectivity index (χ3v) is 5.50. The van der Waals surface area contributed by atoms with Gasteiger partial charge in [-0.1, -0.05) is 0 Å². The molecular weight excluding hydrogens is 392 g/mol. The van der Waals surface area contributed by atoms with Crippen LogP contribution in [-0.4, -0.2) is 87.9 Å². The van der Waals surface area contributed by atoms with E-state index in [0.29, 0.717) is 25.4 Å². The molecule has 30 heavy (non-hydrogen) atoms. The molecule has 168 valence electrons. The van der Waals surface area contributed by atoms with Crippen LogP contribution in [0.1, 0.15) is 43.8 Å². The molecule has 2 aliphatic rings. The quantitative estimate of drug-likeness (QED) is 0.589. The van der Waals surface area contributed by atoms with E-state index >= 15 is 0 Å². The first-order chi connectivity index (χ1) is 14.5. The minimum absolute atomic E-state index is 0.0567. The minimum atomic E-state index is -0.412. The van der Waals surface area contributed by atoms with Crippen molar-refractivity contribution in [1.82, 2.24) is 30.3 Å². The number of hydrogen-bond acceptors (Lipinski definition) is 7. The molecule has 3 rings (SSSR count). The number of H-pyrrole nitrogens is 1. The summed E-state index contributed by atoms with van der Waals surface area (Å²) in [6.07, 6.45) is 4.25. The number of carbonyl (C=O) groups excluding carboxylic acids is 2. The number of aromatic nitrogens is 3. The molecule has 0 spiro atoms. The SMILES string of the molecule is COC(=O)N1CCCCC1C(=O)NCC1CCN(Cc2n[nH]c(C)n2)CC1.O=CO. The van der Waals surface area contributed by atoms with Crippen molar-refractivity contribution in [2.24, 2.45) is 5.92 Å². The van der Waals surface area contributed by atoms with Gasteiger partial charge >= 0.3 is 6.09 Å². The summed E-state index contributed by atoms with van der Waals surface area (Å²) in [6, 6.07) is -0.403. The van der Waals surface area contributed by atoms with Crippen molar-refractivity contribution in [2.75, 3.05) is 33.3 Å².